The molecule has 0 aliphatic heterocycles. The molecule has 24 heavy (non-hydrogen) atoms. The van der Waals surface area contributed by atoms with Gasteiger partial charge in [0, 0.05) is 19.3 Å². The summed E-state index contributed by atoms with van der Waals surface area (Å²) in [6.07, 6.45) is 1.76. The third-order valence-corrected chi connectivity index (χ3v) is 3.97. The number of carbonyl (C=O) groups excluding carboxylic acids is 1. The zero-order chi connectivity index (χ0) is 17.5. The van der Waals surface area contributed by atoms with Crippen molar-refractivity contribution in [3.63, 3.8) is 0 Å². The van der Waals surface area contributed by atoms with Crippen LogP contribution in [0, 0.1) is 13.8 Å². The van der Waals surface area contributed by atoms with Crippen molar-refractivity contribution in [3.05, 3.63) is 59.3 Å². The number of aromatic nitrogens is 1. The van der Waals surface area contributed by atoms with E-state index in [1.807, 2.05) is 69.2 Å². The fourth-order valence-electron chi connectivity index (χ4n) is 2.68. The molecule has 1 amide bonds. The van der Waals surface area contributed by atoms with Crippen LogP contribution >= 0.6 is 0 Å². The predicted molar refractivity (Wildman–Crippen MR) is 98.1 cm³/mol. The minimum Gasteiger partial charge on any atom is -0.368 e. The molecule has 0 fully saturated rings. The van der Waals surface area contributed by atoms with Crippen LogP contribution in [0.25, 0.3) is 0 Å². The van der Waals surface area contributed by atoms with Gasteiger partial charge in [-0.15, -0.1) is 0 Å². The molecule has 5 nitrogen and oxygen atoms in total. The highest BCUT2D eigenvalue weighted by atomic mass is 16.2. The van der Waals surface area contributed by atoms with Gasteiger partial charge in [0.2, 0.25) is 5.91 Å². The lowest BCUT2D eigenvalue weighted by molar-refractivity contribution is -0.125. The maximum Gasteiger partial charge on any atom is 0.242 e. The number of hydrogen-bond acceptors (Lipinski definition) is 4. The van der Waals surface area contributed by atoms with Crippen molar-refractivity contribution in [2.45, 2.75) is 19.9 Å². The number of nitrogens with zero attached hydrogens (tertiary/aromatic N) is 2. The first-order valence-electron chi connectivity index (χ1n) is 8.16. The van der Waals surface area contributed by atoms with Crippen molar-refractivity contribution in [1.29, 1.82) is 0 Å². The molecule has 0 bridgehead atoms. The second-order valence-electron chi connectivity index (χ2n) is 6.11. The monoisotopic (exact) mass is 326 g/mol. The minimum absolute atomic E-state index is 0.00819. The zero-order valence-corrected chi connectivity index (χ0v) is 14.8. The largest absolute Gasteiger partial charge is 0.368 e. The van der Waals surface area contributed by atoms with Gasteiger partial charge in [-0.3, -0.25) is 9.69 Å². The summed E-state index contributed by atoms with van der Waals surface area (Å²) in [6, 6.07) is 11.6. The number of hydrogen-bond donors (Lipinski definition) is 2. The fraction of sp³-hybridized carbons (Fsp3) is 0.368. The molecule has 1 aromatic carbocycles. The fourth-order valence-corrected chi connectivity index (χ4v) is 2.68. The highest BCUT2D eigenvalue weighted by Crippen LogP contribution is 2.21. The average Bonchev–Trinajstić information content (AvgIpc) is 2.55. The van der Waals surface area contributed by atoms with Gasteiger partial charge in [0.05, 0.1) is 0 Å². The van der Waals surface area contributed by atoms with Crippen LogP contribution in [0.1, 0.15) is 22.7 Å². The van der Waals surface area contributed by atoms with E-state index in [-0.39, 0.29) is 11.9 Å². The van der Waals surface area contributed by atoms with Crippen LogP contribution in [0.3, 0.4) is 0 Å². The van der Waals surface area contributed by atoms with Crippen molar-refractivity contribution >= 4 is 11.7 Å². The first-order chi connectivity index (χ1) is 11.5. The Kier molecular flexibility index (Phi) is 6.32. The number of rotatable bonds is 7. The highest BCUT2D eigenvalue weighted by molar-refractivity contribution is 5.83. The number of likely N-dealkylation sites (N-methyl/N-ethyl adjacent to an activating group) is 1. The molecule has 1 heterocycles. The number of carbonyl (C=O) groups is 1. The van der Waals surface area contributed by atoms with E-state index in [1.54, 1.807) is 6.20 Å². The summed E-state index contributed by atoms with van der Waals surface area (Å²) < 4.78 is 0. The Balaban J connectivity index is 1.92. The van der Waals surface area contributed by atoms with Crippen LogP contribution in [0.4, 0.5) is 5.82 Å². The second kappa shape index (κ2) is 8.45. The summed E-state index contributed by atoms with van der Waals surface area (Å²) in [5, 5.41) is 6.26. The van der Waals surface area contributed by atoms with Gasteiger partial charge < -0.3 is 10.6 Å². The lowest BCUT2D eigenvalue weighted by Gasteiger charge is -2.25. The number of aryl methyl sites for hydroxylation is 2. The molecule has 2 rings (SSSR count). The maximum absolute atomic E-state index is 12.6. The summed E-state index contributed by atoms with van der Waals surface area (Å²) in [6.45, 7) is 5.22. The molecule has 0 spiro atoms. The van der Waals surface area contributed by atoms with E-state index < -0.39 is 0 Å². The first kappa shape index (κ1) is 17.9. The zero-order valence-electron chi connectivity index (χ0n) is 14.8. The highest BCUT2D eigenvalue weighted by Gasteiger charge is 2.23. The molecule has 1 aromatic heterocycles. The van der Waals surface area contributed by atoms with Gasteiger partial charge >= 0.3 is 0 Å². The molecular formula is C19H26N4O. The predicted octanol–water partition coefficient (Wildman–Crippen LogP) is 2.53. The number of benzene rings is 1. The van der Waals surface area contributed by atoms with Gasteiger partial charge in [0.25, 0.3) is 0 Å². The Morgan fingerprint density at radius 2 is 1.79 bits per heavy atom. The molecule has 0 unspecified atom stereocenters. The molecule has 0 aliphatic rings. The van der Waals surface area contributed by atoms with E-state index >= 15 is 0 Å². The Bertz CT molecular complexity index is 685. The molecule has 1 atom stereocenters. The third kappa shape index (κ3) is 4.55. The molecule has 0 saturated carbocycles. The van der Waals surface area contributed by atoms with Gasteiger partial charge in [0.1, 0.15) is 11.9 Å². The minimum atomic E-state index is -0.289. The molecule has 5 heteroatoms. The molecular weight excluding hydrogens is 300 g/mol. The van der Waals surface area contributed by atoms with Crippen molar-refractivity contribution in [1.82, 2.24) is 15.2 Å². The SMILES string of the molecule is Cc1ccccc1[C@@H](C(=O)NCCNc1ncccc1C)N(C)C. The average molecular weight is 326 g/mol. The number of amides is 1. The molecule has 2 aromatic rings. The summed E-state index contributed by atoms with van der Waals surface area (Å²) >= 11 is 0. The molecule has 0 saturated heterocycles. The standard InChI is InChI=1S/C19H26N4O/c1-14-8-5-6-10-16(14)17(23(3)4)19(24)22-13-12-21-18-15(2)9-7-11-20-18/h5-11,17H,12-13H2,1-4H3,(H,20,21)(H,22,24)/t17-/m0/s1. The molecule has 0 aliphatic carbocycles. The molecule has 2 N–H and O–H groups in total. The second-order valence-corrected chi connectivity index (χ2v) is 6.11. The summed E-state index contributed by atoms with van der Waals surface area (Å²) in [7, 11) is 3.85. The van der Waals surface area contributed by atoms with E-state index in [4.69, 9.17) is 0 Å². The molecule has 0 radical (unpaired) electrons. The molecule has 128 valence electrons. The number of pyridine rings is 1. The first-order valence-corrected chi connectivity index (χ1v) is 8.16. The Morgan fingerprint density at radius 3 is 2.46 bits per heavy atom. The van der Waals surface area contributed by atoms with E-state index in [0.29, 0.717) is 13.1 Å². The van der Waals surface area contributed by atoms with Gasteiger partial charge in [-0.1, -0.05) is 30.3 Å². The van der Waals surface area contributed by atoms with Gasteiger partial charge in [0.15, 0.2) is 0 Å². The summed E-state index contributed by atoms with van der Waals surface area (Å²) in [5.41, 5.74) is 3.25. The third-order valence-electron chi connectivity index (χ3n) is 3.97. The normalized spacial score (nSPS) is 12.0. The van der Waals surface area contributed by atoms with E-state index in [1.165, 1.54) is 0 Å². The van der Waals surface area contributed by atoms with Gasteiger partial charge in [-0.25, -0.2) is 4.98 Å². The Labute approximate surface area is 144 Å². The van der Waals surface area contributed by atoms with Crippen LogP contribution in [-0.2, 0) is 4.79 Å². The quantitative estimate of drug-likeness (QED) is 0.768. The number of nitrogens with one attached hydrogen (secondary N) is 2. The van der Waals surface area contributed by atoms with Crippen LogP contribution < -0.4 is 10.6 Å². The van der Waals surface area contributed by atoms with Crippen molar-refractivity contribution in [2.75, 3.05) is 32.5 Å². The lowest BCUT2D eigenvalue weighted by atomic mass is 10.00. The topological polar surface area (TPSA) is 57.3 Å². The summed E-state index contributed by atoms with van der Waals surface area (Å²) in [5.74, 6) is 0.864. The van der Waals surface area contributed by atoms with Gasteiger partial charge in [-0.05, 0) is 50.7 Å². The Morgan fingerprint density at radius 1 is 1.08 bits per heavy atom. The van der Waals surface area contributed by atoms with Crippen molar-refractivity contribution in [2.24, 2.45) is 0 Å². The number of anilines is 1. The van der Waals surface area contributed by atoms with Crippen LogP contribution in [0.15, 0.2) is 42.6 Å². The van der Waals surface area contributed by atoms with Gasteiger partial charge in [-0.2, -0.15) is 0 Å². The lowest BCUT2D eigenvalue weighted by Crippen LogP contribution is -2.39. The van der Waals surface area contributed by atoms with Crippen LogP contribution in [0.2, 0.25) is 0 Å². The van der Waals surface area contributed by atoms with E-state index in [0.717, 1.165) is 22.5 Å². The van der Waals surface area contributed by atoms with Crippen molar-refractivity contribution in [3.8, 4) is 0 Å². The smallest absolute Gasteiger partial charge is 0.242 e. The van der Waals surface area contributed by atoms with Crippen molar-refractivity contribution < 1.29 is 4.79 Å². The van der Waals surface area contributed by atoms with E-state index in [9.17, 15) is 4.79 Å². The maximum atomic E-state index is 12.6. The Hall–Kier alpha value is -2.40. The van der Waals surface area contributed by atoms with Crippen LogP contribution in [-0.4, -0.2) is 43.0 Å². The van der Waals surface area contributed by atoms with E-state index in [2.05, 4.69) is 15.6 Å². The van der Waals surface area contributed by atoms with Crippen LogP contribution in [0.5, 0.6) is 0 Å². The summed E-state index contributed by atoms with van der Waals surface area (Å²) in [4.78, 5) is 18.8.